The molecule has 2 heterocycles. The summed E-state index contributed by atoms with van der Waals surface area (Å²) in [4.78, 5) is 19.1. The normalized spacial score (nSPS) is 18.1. The van der Waals surface area contributed by atoms with E-state index in [1.807, 2.05) is 12.1 Å². The molecule has 0 aromatic carbocycles. The average Bonchev–Trinajstić information content (AvgIpc) is 3.18. The number of nitrogens with two attached hydrogens (primary N) is 1. The highest BCUT2D eigenvalue weighted by Crippen LogP contribution is 2.32. The minimum atomic E-state index is -0.0395. The molecule has 1 aliphatic carbocycles. The number of carbonyl (C=O) groups excluding carboxylic acids is 1. The van der Waals surface area contributed by atoms with Crippen molar-refractivity contribution in [2.45, 2.75) is 31.7 Å². The Morgan fingerprint density at radius 1 is 1.36 bits per heavy atom. The van der Waals surface area contributed by atoms with Crippen molar-refractivity contribution in [2.75, 3.05) is 24.5 Å². The lowest BCUT2D eigenvalue weighted by molar-refractivity contribution is 0.0933. The largest absolute Gasteiger partial charge is 0.356 e. The van der Waals surface area contributed by atoms with Crippen molar-refractivity contribution in [3.63, 3.8) is 0 Å². The molecule has 2 aliphatic rings. The maximum atomic E-state index is 12.5. The van der Waals surface area contributed by atoms with Gasteiger partial charge in [-0.25, -0.2) is 4.98 Å². The van der Waals surface area contributed by atoms with Crippen molar-refractivity contribution < 1.29 is 4.79 Å². The summed E-state index contributed by atoms with van der Waals surface area (Å²) in [5.41, 5.74) is 6.43. The lowest BCUT2D eigenvalue weighted by atomic mass is 10.1. The van der Waals surface area contributed by atoms with Crippen LogP contribution in [0.15, 0.2) is 18.3 Å². The topological polar surface area (TPSA) is 71.2 Å². The summed E-state index contributed by atoms with van der Waals surface area (Å²) in [7, 11) is 0. The van der Waals surface area contributed by atoms with Gasteiger partial charge in [-0.15, -0.1) is 24.8 Å². The van der Waals surface area contributed by atoms with E-state index >= 15 is 0 Å². The Kier molecular flexibility index (Phi) is 7.39. The molecule has 0 spiro atoms. The number of halogens is 2. The lowest BCUT2D eigenvalue weighted by Gasteiger charge is -2.21. The molecule has 3 N–H and O–H groups in total. The number of rotatable bonds is 5. The fourth-order valence-electron chi connectivity index (χ4n) is 2.87. The third kappa shape index (κ3) is 4.24. The minimum absolute atomic E-state index is 0. The second-order valence-electron chi connectivity index (χ2n) is 5.72. The Morgan fingerprint density at radius 2 is 2.05 bits per heavy atom. The fraction of sp³-hybridized carbons (Fsp3) is 0.600. The van der Waals surface area contributed by atoms with Gasteiger partial charge in [-0.3, -0.25) is 4.79 Å². The van der Waals surface area contributed by atoms with E-state index in [2.05, 4.69) is 15.2 Å². The first kappa shape index (κ1) is 19.0. The molecular formula is C15H24Cl2N4O. The van der Waals surface area contributed by atoms with Gasteiger partial charge in [-0.1, -0.05) is 0 Å². The maximum absolute atomic E-state index is 12.5. The number of hydrogen-bond donors (Lipinski definition) is 2. The molecule has 1 amide bonds. The molecular weight excluding hydrogens is 323 g/mol. The van der Waals surface area contributed by atoms with E-state index in [0.717, 1.165) is 18.9 Å². The molecule has 7 heteroatoms. The summed E-state index contributed by atoms with van der Waals surface area (Å²) >= 11 is 0. The number of amides is 1. The number of nitrogens with one attached hydrogen (secondary N) is 1. The van der Waals surface area contributed by atoms with Crippen LogP contribution >= 0.6 is 24.8 Å². The molecule has 1 atom stereocenters. The fourth-order valence-corrected chi connectivity index (χ4v) is 2.87. The number of nitrogens with zero attached hydrogens (tertiary/aromatic N) is 2. The van der Waals surface area contributed by atoms with Crippen LogP contribution in [0.5, 0.6) is 0 Å². The van der Waals surface area contributed by atoms with Gasteiger partial charge in [0.1, 0.15) is 5.82 Å². The molecule has 1 aliphatic heterocycles. The standard InChI is InChI=1S/C15H22N4O.2ClH/c16-10-13(11-5-6-11)18-15(20)12-4-3-7-17-14(12)19-8-1-2-9-19;;/h3-4,7,11,13H,1-2,5-6,8-10,16H2,(H,18,20);2*1H. The zero-order valence-electron chi connectivity index (χ0n) is 12.5. The molecule has 124 valence electrons. The minimum Gasteiger partial charge on any atom is -0.356 e. The first-order chi connectivity index (χ1) is 9.79. The van der Waals surface area contributed by atoms with Crippen molar-refractivity contribution >= 4 is 36.5 Å². The quantitative estimate of drug-likeness (QED) is 0.855. The Hall–Kier alpha value is -1.04. The Labute approximate surface area is 143 Å². The van der Waals surface area contributed by atoms with Crippen molar-refractivity contribution in [1.29, 1.82) is 0 Å². The lowest BCUT2D eigenvalue weighted by Crippen LogP contribution is -2.42. The van der Waals surface area contributed by atoms with Gasteiger partial charge in [0.25, 0.3) is 5.91 Å². The summed E-state index contributed by atoms with van der Waals surface area (Å²) in [6.07, 6.45) is 6.45. The summed E-state index contributed by atoms with van der Waals surface area (Å²) in [5.74, 6) is 1.34. The van der Waals surface area contributed by atoms with E-state index in [0.29, 0.717) is 18.0 Å². The summed E-state index contributed by atoms with van der Waals surface area (Å²) in [6, 6.07) is 3.79. The molecule has 22 heavy (non-hydrogen) atoms. The van der Waals surface area contributed by atoms with Gasteiger partial charge < -0.3 is 16.0 Å². The zero-order valence-corrected chi connectivity index (χ0v) is 14.2. The van der Waals surface area contributed by atoms with Gasteiger partial charge in [0.05, 0.1) is 5.56 Å². The molecule has 2 fully saturated rings. The van der Waals surface area contributed by atoms with E-state index in [-0.39, 0.29) is 36.8 Å². The van der Waals surface area contributed by atoms with E-state index in [1.165, 1.54) is 25.7 Å². The zero-order chi connectivity index (χ0) is 13.9. The highest BCUT2D eigenvalue weighted by Gasteiger charge is 2.32. The van der Waals surface area contributed by atoms with Crippen LogP contribution in [0.25, 0.3) is 0 Å². The number of aromatic nitrogens is 1. The Bertz CT molecular complexity index is 490. The molecule has 1 saturated heterocycles. The molecule has 0 bridgehead atoms. The summed E-state index contributed by atoms with van der Waals surface area (Å²) in [5, 5.41) is 3.08. The predicted octanol–water partition coefficient (Wildman–Crippen LogP) is 1.99. The molecule has 0 radical (unpaired) electrons. The second kappa shape index (κ2) is 8.56. The van der Waals surface area contributed by atoms with Crippen molar-refractivity contribution in [3.05, 3.63) is 23.9 Å². The molecule has 1 aromatic heterocycles. The van der Waals surface area contributed by atoms with Crippen LogP contribution in [0.1, 0.15) is 36.0 Å². The maximum Gasteiger partial charge on any atom is 0.255 e. The van der Waals surface area contributed by atoms with E-state index in [1.54, 1.807) is 6.20 Å². The third-order valence-electron chi connectivity index (χ3n) is 4.20. The number of pyridine rings is 1. The molecule has 1 saturated carbocycles. The monoisotopic (exact) mass is 346 g/mol. The number of hydrogen-bond acceptors (Lipinski definition) is 4. The second-order valence-corrected chi connectivity index (χ2v) is 5.72. The Morgan fingerprint density at radius 3 is 2.64 bits per heavy atom. The molecule has 3 rings (SSSR count). The van der Waals surface area contributed by atoms with Gasteiger partial charge in [-0.2, -0.15) is 0 Å². The van der Waals surface area contributed by atoms with E-state index < -0.39 is 0 Å². The smallest absolute Gasteiger partial charge is 0.255 e. The van der Waals surface area contributed by atoms with Crippen molar-refractivity contribution in [3.8, 4) is 0 Å². The van der Waals surface area contributed by atoms with Crippen LogP contribution in [0, 0.1) is 5.92 Å². The average molecular weight is 347 g/mol. The number of anilines is 1. The van der Waals surface area contributed by atoms with Crippen LogP contribution in [-0.2, 0) is 0 Å². The summed E-state index contributed by atoms with van der Waals surface area (Å²) in [6.45, 7) is 2.48. The summed E-state index contributed by atoms with van der Waals surface area (Å²) < 4.78 is 0. The highest BCUT2D eigenvalue weighted by molar-refractivity contribution is 5.99. The number of carbonyl (C=O) groups is 1. The van der Waals surface area contributed by atoms with Gasteiger partial charge in [0, 0.05) is 31.9 Å². The first-order valence-corrected chi connectivity index (χ1v) is 7.50. The van der Waals surface area contributed by atoms with Gasteiger partial charge in [0.2, 0.25) is 0 Å². The van der Waals surface area contributed by atoms with Gasteiger partial charge in [-0.05, 0) is 43.7 Å². The van der Waals surface area contributed by atoms with Crippen LogP contribution in [-0.4, -0.2) is 36.6 Å². The third-order valence-corrected chi connectivity index (χ3v) is 4.20. The van der Waals surface area contributed by atoms with Crippen LogP contribution in [0.2, 0.25) is 0 Å². The SMILES string of the molecule is Cl.Cl.NCC(NC(=O)c1cccnc1N1CCCC1)C1CC1. The van der Waals surface area contributed by atoms with E-state index in [9.17, 15) is 4.79 Å². The van der Waals surface area contributed by atoms with Crippen LogP contribution < -0.4 is 16.0 Å². The van der Waals surface area contributed by atoms with Crippen molar-refractivity contribution in [2.24, 2.45) is 11.7 Å². The highest BCUT2D eigenvalue weighted by atomic mass is 35.5. The van der Waals surface area contributed by atoms with Crippen molar-refractivity contribution in [1.82, 2.24) is 10.3 Å². The van der Waals surface area contributed by atoms with Crippen LogP contribution in [0.4, 0.5) is 5.82 Å². The Balaban J connectivity index is 0.00000121. The van der Waals surface area contributed by atoms with E-state index in [4.69, 9.17) is 5.73 Å². The molecule has 1 aromatic rings. The molecule has 5 nitrogen and oxygen atoms in total. The molecule has 1 unspecified atom stereocenters. The predicted molar refractivity (Wildman–Crippen MR) is 93.2 cm³/mol. The van der Waals surface area contributed by atoms with Gasteiger partial charge in [0.15, 0.2) is 0 Å². The first-order valence-electron chi connectivity index (χ1n) is 7.50. The van der Waals surface area contributed by atoms with Gasteiger partial charge >= 0.3 is 0 Å². The van der Waals surface area contributed by atoms with Crippen LogP contribution in [0.3, 0.4) is 0 Å².